The summed E-state index contributed by atoms with van der Waals surface area (Å²) in [6.07, 6.45) is 2.17. The van der Waals surface area contributed by atoms with Gasteiger partial charge < -0.3 is 0 Å². The molecule has 2 aromatic rings. The molecule has 24 heavy (non-hydrogen) atoms. The van der Waals surface area contributed by atoms with Gasteiger partial charge in [0, 0.05) is 35.6 Å². The summed E-state index contributed by atoms with van der Waals surface area (Å²) in [6.45, 7) is 4.30. The molecule has 120 valence electrons. The standard InChI is InChI=1S/C20H19N3O/c1-20(2)9-13-8-14-19(15(11-21)23-22-14)18(17(13)16(24)10-20)12-6-4-3-5-7-12/h3-7,18H,8-10H2,1-2H3,(H,22,23). The van der Waals surface area contributed by atoms with E-state index in [9.17, 15) is 10.1 Å². The quantitative estimate of drug-likeness (QED) is 0.872. The molecule has 0 amide bonds. The second-order valence-electron chi connectivity index (χ2n) is 7.55. The van der Waals surface area contributed by atoms with Crippen LogP contribution in [0.5, 0.6) is 0 Å². The van der Waals surface area contributed by atoms with Gasteiger partial charge in [-0.05, 0) is 17.4 Å². The van der Waals surface area contributed by atoms with Crippen LogP contribution in [0.1, 0.15) is 55.1 Å². The minimum atomic E-state index is -0.179. The summed E-state index contributed by atoms with van der Waals surface area (Å²) in [6, 6.07) is 12.2. The number of H-pyrrole nitrogens is 1. The van der Waals surface area contributed by atoms with E-state index in [1.165, 1.54) is 5.57 Å². The van der Waals surface area contributed by atoms with E-state index in [0.717, 1.165) is 28.8 Å². The van der Waals surface area contributed by atoms with Crippen LogP contribution in [-0.4, -0.2) is 16.0 Å². The summed E-state index contributed by atoms with van der Waals surface area (Å²) in [5, 5.41) is 16.7. The first-order valence-electron chi connectivity index (χ1n) is 8.27. The van der Waals surface area contributed by atoms with E-state index >= 15 is 0 Å². The second kappa shape index (κ2) is 5.17. The number of nitrogens with one attached hydrogen (secondary N) is 1. The Labute approximate surface area is 141 Å². The van der Waals surface area contributed by atoms with Gasteiger partial charge >= 0.3 is 0 Å². The number of Topliss-reactive ketones (excluding diaryl/α,β-unsaturated/α-hetero) is 1. The van der Waals surface area contributed by atoms with Gasteiger partial charge in [-0.25, -0.2) is 0 Å². The van der Waals surface area contributed by atoms with E-state index in [2.05, 4.69) is 30.1 Å². The average Bonchev–Trinajstić information content (AvgIpc) is 2.95. The van der Waals surface area contributed by atoms with E-state index in [4.69, 9.17) is 0 Å². The zero-order valence-corrected chi connectivity index (χ0v) is 13.9. The lowest BCUT2D eigenvalue weighted by atomic mass is 9.65. The summed E-state index contributed by atoms with van der Waals surface area (Å²) in [4.78, 5) is 13.0. The molecule has 0 spiro atoms. The molecule has 2 aliphatic rings. The molecule has 1 aromatic heterocycles. The van der Waals surface area contributed by atoms with Gasteiger partial charge in [-0.3, -0.25) is 9.89 Å². The number of hydrogen-bond acceptors (Lipinski definition) is 3. The predicted molar refractivity (Wildman–Crippen MR) is 90.3 cm³/mol. The number of fused-ring (bicyclic) bond motifs is 1. The summed E-state index contributed by atoms with van der Waals surface area (Å²) in [5.41, 5.74) is 5.41. The van der Waals surface area contributed by atoms with Crippen molar-refractivity contribution in [3.05, 3.63) is 64.0 Å². The molecule has 4 nitrogen and oxygen atoms in total. The number of carbonyl (C=O) groups is 1. The van der Waals surface area contributed by atoms with E-state index in [1.807, 2.05) is 30.3 Å². The summed E-state index contributed by atoms with van der Waals surface area (Å²) in [7, 11) is 0. The smallest absolute Gasteiger partial charge is 0.166 e. The maximum absolute atomic E-state index is 13.0. The maximum Gasteiger partial charge on any atom is 0.166 e. The van der Waals surface area contributed by atoms with E-state index in [1.54, 1.807) is 0 Å². The van der Waals surface area contributed by atoms with Crippen LogP contribution in [0.25, 0.3) is 0 Å². The number of carbonyl (C=O) groups excluding carboxylic acids is 1. The molecule has 1 unspecified atom stereocenters. The summed E-state index contributed by atoms with van der Waals surface area (Å²) in [5.74, 6) is 0.0350. The molecular weight excluding hydrogens is 298 g/mol. The van der Waals surface area contributed by atoms with Crippen LogP contribution < -0.4 is 0 Å². The van der Waals surface area contributed by atoms with Crippen LogP contribution in [0.3, 0.4) is 0 Å². The van der Waals surface area contributed by atoms with Gasteiger partial charge in [0.05, 0.1) is 0 Å². The van der Waals surface area contributed by atoms with Crippen molar-refractivity contribution in [3.8, 4) is 6.07 Å². The molecule has 1 heterocycles. The number of aromatic nitrogens is 2. The highest BCUT2D eigenvalue weighted by atomic mass is 16.1. The minimum Gasteiger partial charge on any atom is -0.294 e. The number of allylic oxidation sites excluding steroid dienone is 2. The van der Waals surface area contributed by atoms with Crippen molar-refractivity contribution in [2.24, 2.45) is 5.41 Å². The highest BCUT2D eigenvalue weighted by Crippen LogP contribution is 2.49. The third kappa shape index (κ3) is 2.20. The molecule has 4 heteroatoms. The molecule has 4 rings (SSSR count). The average molecular weight is 317 g/mol. The first kappa shape index (κ1) is 14.9. The van der Waals surface area contributed by atoms with Crippen molar-refractivity contribution in [1.29, 1.82) is 5.26 Å². The van der Waals surface area contributed by atoms with E-state index in [-0.39, 0.29) is 17.1 Å². The van der Waals surface area contributed by atoms with Crippen LogP contribution >= 0.6 is 0 Å². The Bertz CT molecular complexity index is 897. The van der Waals surface area contributed by atoms with Crippen LogP contribution in [0.4, 0.5) is 0 Å². The Morgan fingerprint density at radius 3 is 2.71 bits per heavy atom. The van der Waals surface area contributed by atoms with Crippen LogP contribution in [0.15, 0.2) is 41.5 Å². The number of benzene rings is 1. The molecule has 0 radical (unpaired) electrons. The fourth-order valence-electron chi connectivity index (χ4n) is 4.24. The molecule has 0 fully saturated rings. The van der Waals surface area contributed by atoms with Gasteiger partial charge in [0.2, 0.25) is 0 Å². The van der Waals surface area contributed by atoms with Gasteiger partial charge in [-0.2, -0.15) is 10.4 Å². The van der Waals surface area contributed by atoms with Crippen molar-refractivity contribution in [3.63, 3.8) is 0 Å². The topological polar surface area (TPSA) is 69.5 Å². The number of nitriles is 1. The molecule has 0 saturated heterocycles. The Hall–Kier alpha value is -2.67. The van der Waals surface area contributed by atoms with E-state index < -0.39 is 0 Å². The van der Waals surface area contributed by atoms with E-state index in [0.29, 0.717) is 18.5 Å². The molecule has 1 N–H and O–H groups in total. The summed E-state index contributed by atoms with van der Waals surface area (Å²) >= 11 is 0. The Balaban J connectivity index is 1.96. The monoisotopic (exact) mass is 317 g/mol. The first-order valence-corrected chi connectivity index (χ1v) is 8.27. The molecule has 0 saturated carbocycles. The van der Waals surface area contributed by atoms with Crippen molar-refractivity contribution in [2.45, 2.75) is 39.0 Å². The lowest BCUT2D eigenvalue weighted by Gasteiger charge is -2.38. The molecule has 1 aromatic carbocycles. The second-order valence-corrected chi connectivity index (χ2v) is 7.55. The number of ketones is 1. The minimum absolute atomic E-state index is 0.00720. The normalized spacial score (nSPS) is 21.9. The fraction of sp³-hybridized carbons (Fsp3) is 0.350. The molecule has 2 aliphatic carbocycles. The van der Waals surface area contributed by atoms with Crippen LogP contribution in [-0.2, 0) is 11.2 Å². The zero-order chi connectivity index (χ0) is 16.9. The number of aromatic amines is 1. The van der Waals surface area contributed by atoms with Crippen LogP contribution in [0.2, 0.25) is 0 Å². The first-order chi connectivity index (χ1) is 11.5. The van der Waals surface area contributed by atoms with Crippen molar-refractivity contribution in [2.75, 3.05) is 0 Å². The SMILES string of the molecule is CC1(C)CC(=O)C2=C(Cc3[nH]nc(C#N)c3C2c2ccccc2)C1. The lowest BCUT2D eigenvalue weighted by Crippen LogP contribution is -2.32. The van der Waals surface area contributed by atoms with Crippen molar-refractivity contribution in [1.82, 2.24) is 10.2 Å². The molecule has 0 bridgehead atoms. The number of nitrogens with zero attached hydrogens (tertiary/aromatic N) is 2. The Morgan fingerprint density at radius 1 is 1.25 bits per heavy atom. The number of hydrogen-bond donors (Lipinski definition) is 1. The fourth-order valence-corrected chi connectivity index (χ4v) is 4.24. The van der Waals surface area contributed by atoms with Crippen LogP contribution in [0, 0.1) is 16.7 Å². The van der Waals surface area contributed by atoms with Crippen molar-refractivity contribution < 1.29 is 4.79 Å². The largest absolute Gasteiger partial charge is 0.294 e. The molecular formula is C20H19N3O. The van der Waals surface area contributed by atoms with Gasteiger partial charge in [-0.15, -0.1) is 0 Å². The maximum atomic E-state index is 13.0. The lowest BCUT2D eigenvalue weighted by molar-refractivity contribution is -0.118. The summed E-state index contributed by atoms with van der Waals surface area (Å²) < 4.78 is 0. The Morgan fingerprint density at radius 2 is 2.00 bits per heavy atom. The third-order valence-electron chi connectivity index (χ3n) is 5.10. The highest BCUT2D eigenvalue weighted by Gasteiger charge is 2.42. The zero-order valence-electron chi connectivity index (χ0n) is 13.9. The third-order valence-corrected chi connectivity index (χ3v) is 5.10. The molecule has 1 atom stereocenters. The predicted octanol–water partition coefficient (Wildman–Crippen LogP) is 3.66. The number of rotatable bonds is 1. The highest BCUT2D eigenvalue weighted by molar-refractivity contribution is 6.00. The van der Waals surface area contributed by atoms with Crippen molar-refractivity contribution >= 4 is 5.78 Å². The van der Waals surface area contributed by atoms with Gasteiger partial charge in [0.1, 0.15) is 6.07 Å². The van der Waals surface area contributed by atoms with Gasteiger partial charge in [0.15, 0.2) is 11.5 Å². The molecule has 0 aliphatic heterocycles. The van der Waals surface area contributed by atoms with Gasteiger partial charge in [-0.1, -0.05) is 49.8 Å². The Kier molecular flexibility index (Phi) is 3.21. The van der Waals surface area contributed by atoms with Gasteiger partial charge in [0.25, 0.3) is 0 Å².